The summed E-state index contributed by atoms with van der Waals surface area (Å²) >= 11 is 0. The number of anilines is 3. The largest absolute Gasteiger partial charge is 0.378 e. The Balaban J connectivity index is 1.75. The molecule has 2 aromatic carbocycles. The summed E-state index contributed by atoms with van der Waals surface area (Å²) in [5.41, 5.74) is 7.24. The summed E-state index contributed by atoms with van der Waals surface area (Å²) in [6, 6.07) is 21.2. The predicted molar refractivity (Wildman–Crippen MR) is 149 cm³/mol. The molecule has 3 aromatic rings. The average Bonchev–Trinajstić information content (AvgIpc) is 2.89. The average molecular weight is 485 g/mol. The highest BCUT2D eigenvalue weighted by atomic mass is 16.2. The molecule has 0 unspecified atom stereocenters. The third kappa shape index (κ3) is 8.16. The van der Waals surface area contributed by atoms with E-state index in [2.05, 4.69) is 32.9 Å². The zero-order chi connectivity index (χ0) is 25.8. The molecule has 0 bridgehead atoms. The number of hydrogen-bond acceptors (Lipinski definition) is 6. The molecule has 0 spiro atoms. The van der Waals surface area contributed by atoms with Gasteiger partial charge in [-0.05, 0) is 54.3 Å². The SMILES string of the molecule is CCCCN=C(C)C(=NNc1ccccc1)C(=O)Nc1ccc[n+](/N=C\c2ccc(N(C)C)cc2)c1. The Morgan fingerprint density at radius 3 is 2.42 bits per heavy atom. The molecule has 0 aliphatic heterocycles. The molecule has 1 amide bonds. The van der Waals surface area contributed by atoms with E-state index in [1.807, 2.05) is 91.9 Å². The van der Waals surface area contributed by atoms with Crippen molar-refractivity contribution < 1.29 is 9.47 Å². The van der Waals surface area contributed by atoms with Crippen LogP contribution in [0.15, 0.2) is 94.3 Å². The number of para-hydroxylation sites is 1. The van der Waals surface area contributed by atoms with E-state index in [4.69, 9.17) is 0 Å². The molecule has 0 saturated heterocycles. The molecule has 2 N–H and O–H groups in total. The summed E-state index contributed by atoms with van der Waals surface area (Å²) < 4.78 is 1.65. The fraction of sp³-hybridized carbons (Fsp3) is 0.250. The van der Waals surface area contributed by atoms with Crippen LogP contribution in [0.25, 0.3) is 0 Å². The predicted octanol–water partition coefficient (Wildman–Crippen LogP) is 4.59. The number of hydrazone groups is 1. The van der Waals surface area contributed by atoms with Gasteiger partial charge in [-0.3, -0.25) is 15.2 Å². The molecule has 1 aromatic heterocycles. The monoisotopic (exact) mass is 484 g/mol. The highest BCUT2D eigenvalue weighted by Gasteiger charge is 2.17. The van der Waals surface area contributed by atoms with Gasteiger partial charge in [0.2, 0.25) is 12.4 Å². The number of unbranched alkanes of at least 4 members (excludes halogenated alkanes) is 1. The maximum absolute atomic E-state index is 13.2. The lowest BCUT2D eigenvalue weighted by Crippen LogP contribution is -2.32. The molecule has 0 atom stereocenters. The summed E-state index contributed by atoms with van der Waals surface area (Å²) in [5, 5.41) is 11.8. The standard InChI is InChI=1S/C28H33N7O/c1-5-6-18-29-22(2)27(33-32-24-11-8-7-9-12-24)28(36)31-25-13-10-19-35(21-25)30-20-23-14-16-26(17-15-23)34(3)4/h7-17,19-21H,5-6,18H2,1-4H3,(H-,29,31,32,36)/p+1/b30-20-. The van der Waals surface area contributed by atoms with Gasteiger partial charge in [0.15, 0.2) is 5.71 Å². The third-order valence-corrected chi connectivity index (χ3v) is 5.28. The lowest BCUT2D eigenvalue weighted by atomic mass is 10.2. The van der Waals surface area contributed by atoms with Gasteiger partial charge in [0.1, 0.15) is 11.9 Å². The molecule has 0 fully saturated rings. The molecular formula is C28H34N7O+. The Morgan fingerprint density at radius 1 is 1.00 bits per heavy atom. The van der Waals surface area contributed by atoms with Crippen LogP contribution in [-0.2, 0) is 4.79 Å². The number of aromatic nitrogens is 1. The number of nitrogens with zero attached hydrogens (tertiary/aromatic N) is 5. The Morgan fingerprint density at radius 2 is 1.72 bits per heavy atom. The second kappa shape index (κ2) is 13.5. The quantitative estimate of drug-likeness (QED) is 0.181. The zero-order valence-electron chi connectivity index (χ0n) is 21.3. The number of nitrogens with one attached hydrogen (secondary N) is 2. The number of aliphatic imine (C=N–C) groups is 1. The van der Waals surface area contributed by atoms with Crippen molar-refractivity contribution in [1.29, 1.82) is 0 Å². The first-order chi connectivity index (χ1) is 17.5. The minimum Gasteiger partial charge on any atom is -0.378 e. The maximum atomic E-state index is 13.2. The van der Waals surface area contributed by atoms with Crippen molar-refractivity contribution in [1.82, 2.24) is 0 Å². The molecule has 3 rings (SSSR count). The van der Waals surface area contributed by atoms with Gasteiger partial charge in [-0.2, -0.15) is 5.10 Å². The van der Waals surface area contributed by atoms with E-state index in [1.165, 1.54) is 0 Å². The van der Waals surface area contributed by atoms with Crippen LogP contribution in [0.2, 0.25) is 0 Å². The normalized spacial score (nSPS) is 12.0. The molecule has 0 radical (unpaired) electrons. The highest BCUT2D eigenvalue weighted by Crippen LogP contribution is 2.11. The van der Waals surface area contributed by atoms with E-state index in [0.29, 0.717) is 17.9 Å². The van der Waals surface area contributed by atoms with Crippen LogP contribution in [-0.4, -0.2) is 44.2 Å². The third-order valence-electron chi connectivity index (χ3n) is 5.28. The minimum atomic E-state index is -0.350. The second-order valence-corrected chi connectivity index (χ2v) is 8.42. The number of carbonyl (C=O) groups is 1. The molecule has 0 saturated carbocycles. The van der Waals surface area contributed by atoms with Crippen LogP contribution in [0.3, 0.4) is 0 Å². The number of carbonyl (C=O) groups excluding carboxylic acids is 1. The number of hydrogen-bond donors (Lipinski definition) is 2. The summed E-state index contributed by atoms with van der Waals surface area (Å²) in [7, 11) is 4.01. The van der Waals surface area contributed by atoms with Crippen molar-refractivity contribution >= 4 is 40.6 Å². The summed E-state index contributed by atoms with van der Waals surface area (Å²) in [6.45, 7) is 4.56. The van der Waals surface area contributed by atoms with Crippen molar-refractivity contribution in [2.75, 3.05) is 36.3 Å². The van der Waals surface area contributed by atoms with Crippen molar-refractivity contribution in [2.24, 2.45) is 15.2 Å². The van der Waals surface area contributed by atoms with Gasteiger partial charge >= 0.3 is 0 Å². The summed E-state index contributed by atoms with van der Waals surface area (Å²) in [6.07, 6.45) is 7.30. The van der Waals surface area contributed by atoms with Gasteiger partial charge in [0, 0.05) is 32.4 Å². The first-order valence-electron chi connectivity index (χ1n) is 12.0. The Labute approximate surface area is 213 Å². The summed E-state index contributed by atoms with van der Waals surface area (Å²) in [4.78, 5) is 19.8. The van der Waals surface area contributed by atoms with E-state index in [-0.39, 0.29) is 11.6 Å². The molecule has 36 heavy (non-hydrogen) atoms. The fourth-order valence-electron chi connectivity index (χ4n) is 3.20. The van der Waals surface area contributed by atoms with Gasteiger partial charge in [-0.25, -0.2) is 0 Å². The van der Waals surface area contributed by atoms with Gasteiger partial charge in [0.05, 0.1) is 11.4 Å². The maximum Gasteiger partial charge on any atom is 0.278 e. The van der Waals surface area contributed by atoms with Crippen LogP contribution in [0.5, 0.6) is 0 Å². The number of benzene rings is 2. The van der Waals surface area contributed by atoms with Gasteiger partial charge in [0.25, 0.3) is 5.91 Å². The van der Waals surface area contributed by atoms with Crippen molar-refractivity contribution in [3.05, 3.63) is 84.7 Å². The highest BCUT2D eigenvalue weighted by molar-refractivity contribution is 6.68. The van der Waals surface area contributed by atoms with Gasteiger partial charge in [-0.1, -0.05) is 48.4 Å². The minimum absolute atomic E-state index is 0.231. The molecule has 0 aliphatic rings. The van der Waals surface area contributed by atoms with Gasteiger partial charge in [-0.15, -0.1) is 0 Å². The van der Waals surface area contributed by atoms with Crippen molar-refractivity contribution in [2.45, 2.75) is 26.7 Å². The number of amides is 1. The van der Waals surface area contributed by atoms with Crippen LogP contribution in [0, 0.1) is 0 Å². The van der Waals surface area contributed by atoms with E-state index in [1.54, 1.807) is 24.0 Å². The molecule has 8 heteroatoms. The molecular weight excluding hydrogens is 450 g/mol. The van der Waals surface area contributed by atoms with Crippen LogP contribution in [0.4, 0.5) is 17.1 Å². The van der Waals surface area contributed by atoms with Crippen LogP contribution >= 0.6 is 0 Å². The van der Waals surface area contributed by atoms with Crippen LogP contribution < -0.4 is 20.3 Å². The topological polar surface area (TPSA) is 85.3 Å². The number of rotatable bonds is 11. The van der Waals surface area contributed by atoms with Crippen LogP contribution in [0.1, 0.15) is 32.3 Å². The Kier molecular flexibility index (Phi) is 9.88. The first kappa shape index (κ1) is 26.3. The van der Waals surface area contributed by atoms with Crippen molar-refractivity contribution in [3.8, 4) is 0 Å². The number of pyridine rings is 1. The lowest BCUT2D eigenvalue weighted by Gasteiger charge is -2.11. The van der Waals surface area contributed by atoms with E-state index < -0.39 is 0 Å². The second-order valence-electron chi connectivity index (χ2n) is 8.42. The molecule has 1 heterocycles. The smallest absolute Gasteiger partial charge is 0.278 e. The molecule has 186 valence electrons. The van der Waals surface area contributed by atoms with E-state index >= 15 is 0 Å². The Bertz CT molecular complexity index is 1220. The molecule has 0 aliphatic carbocycles. The Hall–Kier alpha value is -4.33. The first-order valence-corrected chi connectivity index (χ1v) is 12.0. The molecule has 8 nitrogen and oxygen atoms in total. The summed E-state index contributed by atoms with van der Waals surface area (Å²) in [5.74, 6) is -0.350. The van der Waals surface area contributed by atoms with Crippen molar-refractivity contribution in [3.63, 3.8) is 0 Å². The van der Waals surface area contributed by atoms with Gasteiger partial charge < -0.3 is 10.2 Å². The lowest BCUT2D eigenvalue weighted by molar-refractivity contribution is -0.677. The zero-order valence-corrected chi connectivity index (χ0v) is 21.3. The van der Waals surface area contributed by atoms with E-state index in [9.17, 15) is 4.79 Å². The van der Waals surface area contributed by atoms with E-state index in [0.717, 1.165) is 29.8 Å². The fourth-order valence-corrected chi connectivity index (χ4v) is 3.20.